The highest BCUT2D eigenvalue weighted by molar-refractivity contribution is 6.36. The molecule has 4 nitrogen and oxygen atoms in total. The van der Waals surface area contributed by atoms with Crippen LogP contribution in [-0.2, 0) is 13.1 Å². The SMILES string of the molecule is Clc1c(CNCc2ncc[nH]2)[nH]c2ccccc12. The average Bonchev–Trinajstić information content (AvgIpc) is 3.00. The number of nitrogens with one attached hydrogen (secondary N) is 3. The van der Waals surface area contributed by atoms with Crippen molar-refractivity contribution in [1.82, 2.24) is 20.3 Å². The second-order valence-electron chi connectivity index (χ2n) is 4.10. The summed E-state index contributed by atoms with van der Waals surface area (Å²) in [6.45, 7) is 1.38. The van der Waals surface area contributed by atoms with Crippen molar-refractivity contribution in [3.05, 3.63) is 53.2 Å². The van der Waals surface area contributed by atoms with Crippen molar-refractivity contribution >= 4 is 22.5 Å². The summed E-state index contributed by atoms with van der Waals surface area (Å²) in [5.41, 5.74) is 2.07. The summed E-state index contributed by atoms with van der Waals surface area (Å²) in [7, 11) is 0. The number of nitrogens with zero attached hydrogens (tertiary/aromatic N) is 1. The lowest BCUT2D eigenvalue weighted by Crippen LogP contribution is -2.14. The van der Waals surface area contributed by atoms with Gasteiger partial charge in [-0.1, -0.05) is 29.8 Å². The quantitative estimate of drug-likeness (QED) is 0.676. The van der Waals surface area contributed by atoms with E-state index in [9.17, 15) is 0 Å². The monoisotopic (exact) mass is 260 g/mol. The number of H-pyrrole nitrogens is 2. The molecule has 0 amide bonds. The van der Waals surface area contributed by atoms with Crippen molar-refractivity contribution in [1.29, 1.82) is 0 Å². The molecule has 0 atom stereocenters. The fourth-order valence-corrected chi connectivity index (χ4v) is 2.26. The van der Waals surface area contributed by atoms with E-state index in [-0.39, 0.29) is 0 Å². The van der Waals surface area contributed by atoms with Gasteiger partial charge >= 0.3 is 0 Å². The Balaban J connectivity index is 1.73. The lowest BCUT2D eigenvalue weighted by atomic mass is 10.2. The van der Waals surface area contributed by atoms with E-state index in [1.165, 1.54) is 0 Å². The van der Waals surface area contributed by atoms with Gasteiger partial charge in [0, 0.05) is 35.5 Å². The van der Waals surface area contributed by atoms with E-state index in [2.05, 4.69) is 20.3 Å². The van der Waals surface area contributed by atoms with Crippen LogP contribution < -0.4 is 5.32 Å². The van der Waals surface area contributed by atoms with Crippen molar-refractivity contribution in [2.75, 3.05) is 0 Å². The molecular formula is C13H13ClN4. The van der Waals surface area contributed by atoms with Gasteiger partial charge in [0.15, 0.2) is 0 Å². The maximum atomic E-state index is 6.32. The topological polar surface area (TPSA) is 56.5 Å². The highest BCUT2D eigenvalue weighted by Crippen LogP contribution is 2.26. The number of rotatable bonds is 4. The van der Waals surface area contributed by atoms with Gasteiger partial charge in [-0.2, -0.15) is 0 Å². The smallest absolute Gasteiger partial charge is 0.120 e. The van der Waals surface area contributed by atoms with Crippen LogP contribution in [0.2, 0.25) is 5.02 Å². The predicted molar refractivity (Wildman–Crippen MR) is 72.4 cm³/mol. The number of hydrogen-bond donors (Lipinski definition) is 3. The molecule has 0 spiro atoms. The van der Waals surface area contributed by atoms with E-state index >= 15 is 0 Å². The molecule has 2 heterocycles. The number of hydrogen-bond acceptors (Lipinski definition) is 2. The van der Waals surface area contributed by atoms with Gasteiger partial charge < -0.3 is 15.3 Å². The van der Waals surface area contributed by atoms with Crippen LogP contribution in [-0.4, -0.2) is 15.0 Å². The average molecular weight is 261 g/mol. The molecule has 2 aromatic heterocycles. The molecular weight excluding hydrogens is 248 g/mol. The summed E-state index contributed by atoms with van der Waals surface area (Å²) in [5.74, 6) is 0.919. The Kier molecular flexibility index (Phi) is 3.04. The summed E-state index contributed by atoms with van der Waals surface area (Å²) in [4.78, 5) is 10.5. The molecule has 0 aliphatic rings. The van der Waals surface area contributed by atoms with E-state index in [0.717, 1.165) is 27.4 Å². The number of aromatic amines is 2. The van der Waals surface area contributed by atoms with Crippen molar-refractivity contribution in [2.24, 2.45) is 0 Å². The van der Waals surface area contributed by atoms with Crippen LogP contribution in [0.15, 0.2) is 36.7 Å². The van der Waals surface area contributed by atoms with E-state index in [4.69, 9.17) is 11.6 Å². The van der Waals surface area contributed by atoms with E-state index in [0.29, 0.717) is 13.1 Å². The third-order valence-electron chi connectivity index (χ3n) is 2.86. The van der Waals surface area contributed by atoms with E-state index in [1.807, 2.05) is 30.5 Å². The van der Waals surface area contributed by atoms with E-state index < -0.39 is 0 Å². The Labute approximate surface area is 109 Å². The number of halogens is 1. The van der Waals surface area contributed by atoms with Gasteiger partial charge in [-0.15, -0.1) is 0 Å². The van der Waals surface area contributed by atoms with Crippen molar-refractivity contribution in [3.8, 4) is 0 Å². The molecule has 92 valence electrons. The zero-order chi connectivity index (χ0) is 12.4. The molecule has 3 rings (SSSR count). The molecule has 18 heavy (non-hydrogen) atoms. The minimum atomic E-state index is 0.689. The molecule has 5 heteroatoms. The molecule has 0 saturated carbocycles. The number of benzene rings is 1. The lowest BCUT2D eigenvalue weighted by Gasteiger charge is -2.01. The zero-order valence-corrected chi connectivity index (χ0v) is 10.5. The summed E-state index contributed by atoms with van der Waals surface area (Å²) >= 11 is 6.32. The summed E-state index contributed by atoms with van der Waals surface area (Å²) in [5, 5.41) is 5.15. The molecule has 0 aliphatic carbocycles. The number of fused-ring (bicyclic) bond motifs is 1. The van der Waals surface area contributed by atoms with E-state index in [1.54, 1.807) is 6.20 Å². The molecule has 0 bridgehead atoms. The van der Waals surface area contributed by atoms with Gasteiger partial charge in [-0.3, -0.25) is 0 Å². The van der Waals surface area contributed by atoms with Crippen LogP contribution >= 0.6 is 11.6 Å². The van der Waals surface area contributed by atoms with Gasteiger partial charge in [0.1, 0.15) is 5.82 Å². The minimum absolute atomic E-state index is 0.689. The molecule has 0 radical (unpaired) electrons. The maximum Gasteiger partial charge on any atom is 0.120 e. The van der Waals surface area contributed by atoms with Crippen LogP contribution in [0.5, 0.6) is 0 Å². The Morgan fingerprint density at radius 3 is 2.89 bits per heavy atom. The zero-order valence-electron chi connectivity index (χ0n) is 9.70. The predicted octanol–water partition coefficient (Wildman–Crippen LogP) is 2.83. The van der Waals surface area contributed by atoms with Gasteiger partial charge in [-0.05, 0) is 6.07 Å². The third kappa shape index (κ3) is 2.12. The van der Waals surface area contributed by atoms with Crippen molar-refractivity contribution in [3.63, 3.8) is 0 Å². The second kappa shape index (κ2) is 4.84. The fraction of sp³-hybridized carbons (Fsp3) is 0.154. The maximum absolute atomic E-state index is 6.32. The summed E-state index contributed by atoms with van der Waals surface area (Å²) in [6.07, 6.45) is 3.56. The minimum Gasteiger partial charge on any atom is -0.356 e. The van der Waals surface area contributed by atoms with Crippen LogP contribution in [0.1, 0.15) is 11.5 Å². The van der Waals surface area contributed by atoms with Crippen molar-refractivity contribution < 1.29 is 0 Å². The molecule has 0 saturated heterocycles. The molecule has 3 N–H and O–H groups in total. The normalized spacial score (nSPS) is 11.2. The standard InChI is InChI=1S/C13H13ClN4/c14-13-9-3-1-2-4-10(9)18-11(13)7-15-8-12-16-5-6-17-12/h1-6,15,18H,7-8H2,(H,16,17). The summed E-state index contributed by atoms with van der Waals surface area (Å²) in [6, 6.07) is 8.03. The van der Waals surface area contributed by atoms with Gasteiger partial charge in [0.05, 0.1) is 11.6 Å². The molecule has 0 unspecified atom stereocenters. The van der Waals surface area contributed by atoms with Crippen LogP contribution in [0.25, 0.3) is 10.9 Å². The molecule has 3 aromatic rings. The molecule has 1 aromatic carbocycles. The third-order valence-corrected chi connectivity index (χ3v) is 3.29. The highest BCUT2D eigenvalue weighted by atomic mass is 35.5. The van der Waals surface area contributed by atoms with Crippen LogP contribution in [0.4, 0.5) is 0 Å². The first kappa shape index (κ1) is 11.3. The largest absolute Gasteiger partial charge is 0.356 e. The second-order valence-corrected chi connectivity index (χ2v) is 4.48. The Morgan fingerprint density at radius 1 is 1.22 bits per heavy atom. The number of para-hydroxylation sites is 1. The Hall–Kier alpha value is -1.78. The molecule has 0 fully saturated rings. The Bertz CT molecular complexity index is 642. The highest BCUT2D eigenvalue weighted by Gasteiger charge is 2.08. The van der Waals surface area contributed by atoms with Crippen LogP contribution in [0, 0.1) is 0 Å². The number of aromatic nitrogens is 3. The first-order valence-electron chi connectivity index (χ1n) is 5.78. The number of imidazole rings is 1. The first-order valence-corrected chi connectivity index (χ1v) is 6.16. The Morgan fingerprint density at radius 2 is 2.11 bits per heavy atom. The fourth-order valence-electron chi connectivity index (χ4n) is 1.99. The molecule has 0 aliphatic heterocycles. The first-order chi connectivity index (χ1) is 8.84. The van der Waals surface area contributed by atoms with Crippen molar-refractivity contribution in [2.45, 2.75) is 13.1 Å². The lowest BCUT2D eigenvalue weighted by molar-refractivity contribution is 0.661. The van der Waals surface area contributed by atoms with Crippen LogP contribution in [0.3, 0.4) is 0 Å². The van der Waals surface area contributed by atoms with Gasteiger partial charge in [0.2, 0.25) is 0 Å². The summed E-state index contributed by atoms with van der Waals surface area (Å²) < 4.78 is 0. The van der Waals surface area contributed by atoms with Gasteiger partial charge in [0.25, 0.3) is 0 Å². The van der Waals surface area contributed by atoms with Gasteiger partial charge in [-0.25, -0.2) is 4.98 Å².